The third-order valence-corrected chi connectivity index (χ3v) is 5.31. The second-order valence-corrected chi connectivity index (χ2v) is 7.89. The van der Waals surface area contributed by atoms with Gasteiger partial charge in [-0.3, -0.25) is 9.59 Å². The van der Waals surface area contributed by atoms with E-state index >= 15 is 0 Å². The Balaban J connectivity index is 1.80. The Labute approximate surface area is 206 Å². The number of esters is 1. The van der Waals surface area contributed by atoms with Crippen LogP contribution in [0.1, 0.15) is 33.2 Å². The van der Waals surface area contributed by atoms with E-state index in [9.17, 15) is 14.4 Å². The van der Waals surface area contributed by atoms with Crippen molar-refractivity contribution in [3.63, 3.8) is 0 Å². The van der Waals surface area contributed by atoms with Crippen LogP contribution in [0.2, 0.25) is 0 Å². The number of benzene rings is 3. The van der Waals surface area contributed by atoms with Gasteiger partial charge in [0.05, 0.1) is 17.7 Å². The van der Waals surface area contributed by atoms with Crippen molar-refractivity contribution < 1.29 is 19.1 Å². The predicted molar refractivity (Wildman–Crippen MR) is 136 cm³/mol. The van der Waals surface area contributed by atoms with Gasteiger partial charge in [0.25, 0.3) is 11.8 Å². The first-order chi connectivity index (χ1) is 16.5. The van der Waals surface area contributed by atoms with E-state index in [-0.39, 0.29) is 12.3 Å². The molecule has 0 aliphatic heterocycles. The number of nitrogens with one attached hydrogen (secondary N) is 2. The summed E-state index contributed by atoms with van der Waals surface area (Å²) in [6.45, 7) is 2.01. The second kappa shape index (κ2) is 12.3. The maximum atomic E-state index is 13.0. The van der Waals surface area contributed by atoms with E-state index in [1.165, 1.54) is 6.08 Å². The summed E-state index contributed by atoms with van der Waals surface area (Å²) in [5, 5.41) is 5.42. The van der Waals surface area contributed by atoms with Crippen molar-refractivity contribution in [1.82, 2.24) is 5.32 Å². The molecule has 172 valence electrons. The maximum absolute atomic E-state index is 13.0. The van der Waals surface area contributed by atoms with Crippen LogP contribution < -0.4 is 10.6 Å². The Kier molecular flexibility index (Phi) is 8.94. The molecule has 0 saturated heterocycles. The largest absolute Gasteiger partial charge is 0.462 e. The Bertz CT molecular complexity index is 1220. The summed E-state index contributed by atoms with van der Waals surface area (Å²) in [6, 6.07) is 22.8. The molecular weight excluding hydrogens is 496 g/mol. The smallest absolute Gasteiger partial charge is 0.338 e. The maximum Gasteiger partial charge on any atom is 0.338 e. The standard InChI is InChI=1S/C27H23BrN2O4/c1-2-34-27(33)20-15-17-21(18-16-20)29-26(32)24(14-8-11-19-9-4-3-5-10-19)30-25(31)22-12-6-7-13-23(22)28/h3-18H,2H2,1H3,(H,29,32)(H,30,31)/b11-8?,24-14-. The molecule has 6 nitrogen and oxygen atoms in total. The van der Waals surface area contributed by atoms with E-state index in [1.54, 1.807) is 61.5 Å². The zero-order valence-corrected chi connectivity index (χ0v) is 20.0. The quantitative estimate of drug-likeness (QED) is 0.231. The van der Waals surface area contributed by atoms with Crippen molar-refractivity contribution in [2.45, 2.75) is 6.92 Å². The van der Waals surface area contributed by atoms with E-state index in [0.717, 1.165) is 5.56 Å². The van der Waals surface area contributed by atoms with E-state index in [0.29, 0.717) is 21.3 Å². The fourth-order valence-electron chi connectivity index (χ4n) is 2.93. The minimum Gasteiger partial charge on any atom is -0.462 e. The molecule has 0 radical (unpaired) electrons. The van der Waals surface area contributed by atoms with E-state index in [1.807, 2.05) is 36.4 Å². The first kappa shape index (κ1) is 24.7. The molecule has 0 bridgehead atoms. The van der Waals surface area contributed by atoms with E-state index in [2.05, 4.69) is 26.6 Å². The van der Waals surface area contributed by atoms with Crippen molar-refractivity contribution >= 4 is 45.5 Å². The summed E-state index contributed by atoms with van der Waals surface area (Å²) in [5.41, 5.74) is 2.24. The summed E-state index contributed by atoms with van der Waals surface area (Å²) in [6.07, 6.45) is 5.05. The van der Waals surface area contributed by atoms with Crippen LogP contribution in [-0.4, -0.2) is 24.4 Å². The highest BCUT2D eigenvalue weighted by Crippen LogP contribution is 2.17. The van der Waals surface area contributed by atoms with Gasteiger partial charge in [-0.2, -0.15) is 0 Å². The van der Waals surface area contributed by atoms with Gasteiger partial charge in [0.1, 0.15) is 5.70 Å². The number of halogens is 1. The van der Waals surface area contributed by atoms with Crippen LogP contribution in [0.25, 0.3) is 6.08 Å². The molecule has 0 aromatic heterocycles. The number of anilines is 1. The summed E-state index contributed by atoms with van der Waals surface area (Å²) in [7, 11) is 0. The van der Waals surface area contributed by atoms with Gasteiger partial charge in [-0.1, -0.05) is 54.6 Å². The van der Waals surface area contributed by atoms with Gasteiger partial charge in [0.15, 0.2) is 0 Å². The fourth-order valence-corrected chi connectivity index (χ4v) is 3.40. The minimum absolute atomic E-state index is 0.0578. The normalized spacial score (nSPS) is 11.2. The van der Waals surface area contributed by atoms with Crippen LogP contribution in [0.15, 0.2) is 101 Å². The average molecular weight is 519 g/mol. The van der Waals surface area contributed by atoms with Crippen molar-refractivity contribution in [3.8, 4) is 0 Å². The minimum atomic E-state index is -0.512. The van der Waals surface area contributed by atoms with Crippen molar-refractivity contribution in [2.75, 3.05) is 11.9 Å². The number of allylic oxidation sites excluding steroid dienone is 2. The topological polar surface area (TPSA) is 84.5 Å². The summed E-state index contributed by atoms with van der Waals surface area (Å²) in [4.78, 5) is 37.6. The van der Waals surface area contributed by atoms with Crippen molar-refractivity contribution in [3.05, 3.63) is 118 Å². The van der Waals surface area contributed by atoms with Gasteiger partial charge in [0.2, 0.25) is 0 Å². The predicted octanol–water partition coefficient (Wildman–Crippen LogP) is 5.59. The number of amides is 2. The van der Waals surface area contributed by atoms with Gasteiger partial charge in [0, 0.05) is 10.2 Å². The highest BCUT2D eigenvalue weighted by atomic mass is 79.9. The highest BCUT2D eigenvalue weighted by molar-refractivity contribution is 9.10. The average Bonchev–Trinajstić information content (AvgIpc) is 2.85. The molecule has 3 aromatic rings. The Morgan fingerprint density at radius 3 is 2.26 bits per heavy atom. The van der Waals surface area contributed by atoms with Crippen LogP contribution in [0.4, 0.5) is 5.69 Å². The zero-order valence-electron chi connectivity index (χ0n) is 18.5. The number of ether oxygens (including phenoxy) is 1. The van der Waals surface area contributed by atoms with Gasteiger partial charge in [-0.15, -0.1) is 0 Å². The Morgan fingerprint density at radius 2 is 1.59 bits per heavy atom. The van der Waals surface area contributed by atoms with Crippen LogP contribution in [-0.2, 0) is 9.53 Å². The van der Waals surface area contributed by atoms with Crippen LogP contribution in [0.3, 0.4) is 0 Å². The second-order valence-electron chi connectivity index (χ2n) is 7.04. The molecule has 0 aliphatic rings. The highest BCUT2D eigenvalue weighted by Gasteiger charge is 2.16. The molecule has 2 amide bonds. The number of rotatable bonds is 8. The van der Waals surface area contributed by atoms with E-state index < -0.39 is 17.8 Å². The lowest BCUT2D eigenvalue weighted by atomic mass is 10.2. The molecule has 0 aliphatic carbocycles. The Hall–Kier alpha value is -3.97. The van der Waals surface area contributed by atoms with Crippen LogP contribution >= 0.6 is 15.9 Å². The van der Waals surface area contributed by atoms with Gasteiger partial charge in [-0.05, 0) is 70.9 Å². The third-order valence-electron chi connectivity index (χ3n) is 4.62. The molecule has 34 heavy (non-hydrogen) atoms. The lowest BCUT2D eigenvalue weighted by Gasteiger charge is -2.12. The first-order valence-electron chi connectivity index (χ1n) is 10.6. The first-order valence-corrected chi connectivity index (χ1v) is 11.3. The zero-order chi connectivity index (χ0) is 24.3. The summed E-state index contributed by atoms with van der Waals surface area (Å²) in [5.74, 6) is -1.38. The molecule has 0 spiro atoms. The number of carbonyl (C=O) groups excluding carboxylic acids is 3. The SMILES string of the molecule is CCOC(=O)c1ccc(NC(=O)/C(=C/C=Cc2ccccc2)NC(=O)c2ccccc2Br)cc1. The number of hydrogen-bond donors (Lipinski definition) is 2. The molecular formula is C27H23BrN2O4. The lowest BCUT2D eigenvalue weighted by molar-refractivity contribution is -0.113. The van der Waals surface area contributed by atoms with Gasteiger partial charge < -0.3 is 15.4 Å². The molecule has 0 fully saturated rings. The molecule has 3 rings (SSSR count). The molecule has 0 atom stereocenters. The van der Waals surface area contributed by atoms with Crippen molar-refractivity contribution in [2.24, 2.45) is 0 Å². The summed E-state index contributed by atoms with van der Waals surface area (Å²) >= 11 is 3.36. The molecule has 2 N–H and O–H groups in total. The van der Waals surface area contributed by atoms with Gasteiger partial charge >= 0.3 is 5.97 Å². The van der Waals surface area contributed by atoms with Crippen molar-refractivity contribution in [1.29, 1.82) is 0 Å². The van der Waals surface area contributed by atoms with Gasteiger partial charge in [-0.25, -0.2) is 4.79 Å². The lowest BCUT2D eigenvalue weighted by Crippen LogP contribution is -2.31. The third kappa shape index (κ3) is 7.02. The fraction of sp³-hybridized carbons (Fsp3) is 0.0741. The molecule has 7 heteroatoms. The molecule has 0 heterocycles. The molecule has 0 saturated carbocycles. The monoisotopic (exact) mass is 518 g/mol. The number of carbonyl (C=O) groups is 3. The summed E-state index contributed by atoms with van der Waals surface area (Å²) < 4.78 is 5.58. The molecule has 3 aromatic carbocycles. The van der Waals surface area contributed by atoms with E-state index in [4.69, 9.17) is 4.74 Å². The Morgan fingerprint density at radius 1 is 0.912 bits per heavy atom. The molecule has 0 unspecified atom stereocenters. The number of hydrogen-bond acceptors (Lipinski definition) is 4. The van der Waals surface area contributed by atoms with Crippen LogP contribution in [0.5, 0.6) is 0 Å². The van der Waals surface area contributed by atoms with Crippen LogP contribution in [0, 0.1) is 0 Å².